The quantitative estimate of drug-likeness (QED) is 0.811. The molecule has 1 aromatic carbocycles. The Morgan fingerprint density at radius 1 is 1.48 bits per heavy atom. The lowest BCUT2D eigenvalue weighted by Gasteiger charge is -2.16. The van der Waals surface area contributed by atoms with Gasteiger partial charge in [-0.15, -0.1) is 0 Å². The summed E-state index contributed by atoms with van der Waals surface area (Å²) >= 11 is 1.61. The zero-order valence-corrected chi connectivity index (χ0v) is 12.7. The van der Waals surface area contributed by atoms with Gasteiger partial charge in [0.05, 0.1) is 12.6 Å². The number of rotatable bonds is 7. The first-order valence-electron chi connectivity index (χ1n) is 6.42. The molecule has 0 fully saturated rings. The van der Waals surface area contributed by atoms with E-state index in [2.05, 4.69) is 15.3 Å². The van der Waals surface area contributed by atoms with E-state index in [-0.39, 0.29) is 0 Å². The number of carboxylic acid groups (broad SMARTS) is 1. The fourth-order valence-electron chi connectivity index (χ4n) is 1.94. The Morgan fingerprint density at radius 3 is 2.95 bits per heavy atom. The summed E-state index contributed by atoms with van der Waals surface area (Å²) in [6, 6.07) is 4.74. The van der Waals surface area contributed by atoms with Crippen LogP contribution < -0.4 is 10.1 Å². The molecule has 0 amide bonds. The molecule has 0 radical (unpaired) electrons. The van der Waals surface area contributed by atoms with Crippen LogP contribution in [-0.2, 0) is 4.79 Å². The van der Waals surface area contributed by atoms with Crippen LogP contribution in [0.4, 0.5) is 5.82 Å². The number of fused-ring (bicyclic) bond motifs is 1. The summed E-state index contributed by atoms with van der Waals surface area (Å²) in [4.78, 5) is 19.7. The van der Waals surface area contributed by atoms with E-state index in [1.165, 1.54) is 6.33 Å². The van der Waals surface area contributed by atoms with E-state index in [4.69, 9.17) is 4.74 Å². The van der Waals surface area contributed by atoms with Gasteiger partial charge in [-0.05, 0) is 36.6 Å². The van der Waals surface area contributed by atoms with Crippen LogP contribution in [0.15, 0.2) is 24.5 Å². The van der Waals surface area contributed by atoms with Gasteiger partial charge in [0.1, 0.15) is 23.9 Å². The average molecular weight is 307 g/mol. The Morgan fingerprint density at radius 2 is 2.29 bits per heavy atom. The van der Waals surface area contributed by atoms with Gasteiger partial charge in [0.15, 0.2) is 0 Å². The van der Waals surface area contributed by atoms with Crippen molar-refractivity contribution in [1.82, 2.24) is 9.97 Å². The van der Waals surface area contributed by atoms with Crippen LogP contribution in [0.25, 0.3) is 10.9 Å². The molecule has 1 unspecified atom stereocenters. The zero-order chi connectivity index (χ0) is 15.2. The molecule has 2 N–H and O–H groups in total. The fourth-order valence-corrected chi connectivity index (χ4v) is 2.41. The summed E-state index contributed by atoms with van der Waals surface area (Å²) in [6.07, 6.45) is 3.89. The van der Waals surface area contributed by atoms with Crippen molar-refractivity contribution in [3.8, 4) is 5.75 Å². The standard InChI is InChI=1S/C14H17N3O3S/c1-20-9-3-4-11-10(7-9)13(16-8-15-11)17-12(14(18)19)5-6-21-2/h3-4,7-8,12H,5-6H2,1-2H3,(H,18,19)(H,15,16,17). The molecular formula is C14H17N3O3S. The molecule has 21 heavy (non-hydrogen) atoms. The van der Waals surface area contributed by atoms with Crippen LogP contribution in [0.2, 0.25) is 0 Å². The highest BCUT2D eigenvalue weighted by molar-refractivity contribution is 7.98. The molecule has 1 aromatic heterocycles. The Balaban J connectivity index is 2.33. The maximum absolute atomic E-state index is 11.3. The SMILES string of the molecule is COc1ccc2ncnc(NC(CCSC)C(=O)O)c2c1. The topological polar surface area (TPSA) is 84.3 Å². The molecule has 7 heteroatoms. The highest BCUT2D eigenvalue weighted by Gasteiger charge is 2.18. The summed E-state index contributed by atoms with van der Waals surface area (Å²) in [6.45, 7) is 0. The molecule has 0 saturated heterocycles. The molecule has 112 valence electrons. The maximum atomic E-state index is 11.3. The Bertz CT molecular complexity index is 636. The molecule has 0 saturated carbocycles. The summed E-state index contributed by atoms with van der Waals surface area (Å²) < 4.78 is 5.19. The van der Waals surface area contributed by atoms with Crippen molar-refractivity contribution in [3.05, 3.63) is 24.5 Å². The lowest BCUT2D eigenvalue weighted by Crippen LogP contribution is -2.30. The number of hydrogen-bond acceptors (Lipinski definition) is 6. The molecule has 2 rings (SSSR count). The van der Waals surface area contributed by atoms with Crippen molar-refractivity contribution in [2.45, 2.75) is 12.5 Å². The van der Waals surface area contributed by atoms with E-state index in [0.717, 1.165) is 16.7 Å². The molecular weight excluding hydrogens is 290 g/mol. The second kappa shape index (κ2) is 7.12. The molecule has 0 aliphatic heterocycles. The zero-order valence-electron chi connectivity index (χ0n) is 11.9. The lowest BCUT2D eigenvalue weighted by atomic mass is 10.2. The van der Waals surface area contributed by atoms with E-state index < -0.39 is 12.0 Å². The van der Waals surface area contributed by atoms with Crippen molar-refractivity contribution in [2.75, 3.05) is 24.4 Å². The van der Waals surface area contributed by atoms with Gasteiger partial charge < -0.3 is 15.2 Å². The maximum Gasteiger partial charge on any atom is 0.326 e. The minimum absolute atomic E-state index is 0.507. The number of thioether (sulfide) groups is 1. The summed E-state index contributed by atoms with van der Waals surface area (Å²) in [5.41, 5.74) is 0.738. The number of benzene rings is 1. The third-order valence-corrected chi connectivity index (χ3v) is 3.71. The van der Waals surface area contributed by atoms with Crippen molar-refractivity contribution in [2.24, 2.45) is 0 Å². The van der Waals surface area contributed by atoms with E-state index in [1.807, 2.05) is 18.4 Å². The van der Waals surface area contributed by atoms with Crippen molar-refractivity contribution in [3.63, 3.8) is 0 Å². The minimum atomic E-state index is -0.890. The van der Waals surface area contributed by atoms with Crippen LogP contribution in [0, 0.1) is 0 Å². The number of ether oxygens (including phenoxy) is 1. The van der Waals surface area contributed by atoms with Crippen LogP contribution in [-0.4, -0.2) is 46.2 Å². The third-order valence-electron chi connectivity index (χ3n) is 3.06. The molecule has 1 heterocycles. The number of carboxylic acids is 1. The van der Waals surface area contributed by atoms with E-state index in [9.17, 15) is 9.90 Å². The molecule has 0 aliphatic carbocycles. The highest BCUT2D eigenvalue weighted by Crippen LogP contribution is 2.25. The van der Waals surface area contributed by atoms with Crippen molar-refractivity contribution >= 4 is 34.5 Å². The van der Waals surface area contributed by atoms with Gasteiger partial charge in [0.25, 0.3) is 0 Å². The average Bonchev–Trinajstić information content (AvgIpc) is 2.50. The number of carbonyl (C=O) groups is 1. The number of nitrogens with zero attached hydrogens (tertiary/aromatic N) is 2. The van der Waals surface area contributed by atoms with Gasteiger partial charge in [-0.3, -0.25) is 0 Å². The van der Waals surface area contributed by atoms with Crippen LogP contribution in [0.1, 0.15) is 6.42 Å². The molecule has 0 aliphatic rings. The lowest BCUT2D eigenvalue weighted by molar-refractivity contribution is -0.137. The first-order chi connectivity index (χ1) is 10.2. The molecule has 1 atom stereocenters. The smallest absolute Gasteiger partial charge is 0.326 e. The Labute approximate surface area is 126 Å². The molecule has 0 spiro atoms. The highest BCUT2D eigenvalue weighted by atomic mass is 32.2. The fraction of sp³-hybridized carbons (Fsp3) is 0.357. The number of aliphatic carboxylic acids is 1. The van der Waals surface area contributed by atoms with Crippen molar-refractivity contribution < 1.29 is 14.6 Å². The van der Waals surface area contributed by atoms with Crippen LogP contribution in [0.3, 0.4) is 0 Å². The number of nitrogens with one attached hydrogen (secondary N) is 1. The van der Waals surface area contributed by atoms with Gasteiger partial charge >= 0.3 is 5.97 Å². The van der Waals surface area contributed by atoms with Crippen molar-refractivity contribution in [1.29, 1.82) is 0 Å². The number of methoxy groups -OCH3 is 1. The summed E-state index contributed by atoms with van der Waals surface area (Å²) in [5.74, 6) is 1.05. The van der Waals surface area contributed by atoms with Gasteiger partial charge in [-0.2, -0.15) is 11.8 Å². The van der Waals surface area contributed by atoms with Gasteiger partial charge in [0.2, 0.25) is 0 Å². The predicted octanol–water partition coefficient (Wildman–Crippen LogP) is 2.26. The normalized spacial score (nSPS) is 12.1. The first kappa shape index (κ1) is 15.4. The predicted molar refractivity (Wildman–Crippen MR) is 84.1 cm³/mol. The summed E-state index contributed by atoms with van der Waals surface area (Å²) in [7, 11) is 1.58. The van der Waals surface area contributed by atoms with Crippen LogP contribution >= 0.6 is 11.8 Å². The Kier molecular flexibility index (Phi) is 5.21. The number of anilines is 1. The monoisotopic (exact) mass is 307 g/mol. The van der Waals surface area contributed by atoms with E-state index >= 15 is 0 Å². The van der Waals surface area contributed by atoms with Gasteiger partial charge in [-0.25, -0.2) is 14.8 Å². The Hall–Kier alpha value is -2.02. The van der Waals surface area contributed by atoms with E-state index in [0.29, 0.717) is 18.0 Å². The second-order valence-electron chi connectivity index (χ2n) is 4.42. The van der Waals surface area contributed by atoms with E-state index in [1.54, 1.807) is 24.9 Å². The molecule has 2 aromatic rings. The third kappa shape index (κ3) is 3.75. The number of hydrogen-bond donors (Lipinski definition) is 2. The van der Waals surface area contributed by atoms with Crippen LogP contribution in [0.5, 0.6) is 5.75 Å². The summed E-state index contributed by atoms with van der Waals surface area (Å²) in [5, 5.41) is 13.0. The minimum Gasteiger partial charge on any atom is -0.497 e. The second-order valence-corrected chi connectivity index (χ2v) is 5.41. The first-order valence-corrected chi connectivity index (χ1v) is 7.82. The molecule has 0 bridgehead atoms. The largest absolute Gasteiger partial charge is 0.497 e. The number of aromatic nitrogens is 2. The van der Waals surface area contributed by atoms with Gasteiger partial charge in [0, 0.05) is 5.39 Å². The molecule has 6 nitrogen and oxygen atoms in total. The van der Waals surface area contributed by atoms with Gasteiger partial charge in [-0.1, -0.05) is 0 Å².